The fourth-order valence-electron chi connectivity index (χ4n) is 5.10. The van der Waals surface area contributed by atoms with E-state index in [1.165, 1.54) is 0 Å². The number of anilines is 1. The quantitative estimate of drug-likeness (QED) is 0.703. The minimum atomic E-state index is -0.277. The molecule has 2 saturated heterocycles. The van der Waals surface area contributed by atoms with Crippen molar-refractivity contribution in [3.8, 4) is 6.07 Å². The molecule has 7 heteroatoms. The monoisotopic (exact) mass is 439 g/mol. The van der Waals surface area contributed by atoms with Crippen LogP contribution in [-0.2, 0) is 29.0 Å². The van der Waals surface area contributed by atoms with Gasteiger partial charge in [-0.25, -0.2) is 4.98 Å². The number of piperazine rings is 1. The third-order valence-electron chi connectivity index (χ3n) is 6.89. The molecule has 174 valence electrons. The molecular weight excluding hydrogens is 402 g/mol. The SMILES string of the molecule is CC(C)Cc1nc(N2CCN(CC(=O)N3CCCC3)CC2)c(C#N)c2c1COC(C)(C)C2. The Balaban J connectivity index is 1.54. The van der Waals surface area contributed by atoms with Gasteiger partial charge in [-0.15, -0.1) is 0 Å². The Kier molecular flexibility index (Phi) is 6.73. The lowest BCUT2D eigenvalue weighted by atomic mass is 9.86. The lowest BCUT2D eigenvalue weighted by Crippen LogP contribution is -2.50. The van der Waals surface area contributed by atoms with Crippen molar-refractivity contribution in [2.75, 3.05) is 50.7 Å². The van der Waals surface area contributed by atoms with E-state index in [1.54, 1.807) is 0 Å². The number of hydrogen-bond acceptors (Lipinski definition) is 6. The molecule has 0 atom stereocenters. The summed E-state index contributed by atoms with van der Waals surface area (Å²) in [6.07, 6.45) is 3.87. The zero-order valence-electron chi connectivity index (χ0n) is 20.1. The number of rotatable bonds is 5. The number of likely N-dealkylation sites (tertiary alicyclic amines) is 1. The molecule has 0 radical (unpaired) electrons. The van der Waals surface area contributed by atoms with Crippen LogP contribution in [0.25, 0.3) is 0 Å². The van der Waals surface area contributed by atoms with Gasteiger partial charge in [0.05, 0.1) is 24.3 Å². The van der Waals surface area contributed by atoms with Gasteiger partial charge in [0.2, 0.25) is 5.91 Å². The maximum atomic E-state index is 12.5. The Morgan fingerprint density at radius 2 is 1.81 bits per heavy atom. The van der Waals surface area contributed by atoms with Crippen molar-refractivity contribution in [2.45, 2.75) is 65.6 Å². The summed E-state index contributed by atoms with van der Waals surface area (Å²) in [5.41, 5.74) is 3.75. The molecule has 3 aliphatic heterocycles. The molecule has 0 unspecified atom stereocenters. The highest BCUT2D eigenvalue weighted by atomic mass is 16.5. The van der Waals surface area contributed by atoms with Crippen LogP contribution in [0, 0.1) is 17.2 Å². The van der Waals surface area contributed by atoms with Crippen LogP contribution in [0.2, 0.25) is 0 Å². The summed E-state index contributed by atoms with van der Waals surface area (Å²) in [5.74, 6) is 1.56. The van der Waals surface area contributed by atoms with Crippen molar-refractivity contribution in [1.82, 2.24) is 14.8 Å². The molecule has 2 fully saturated rings. The first-order valence-corrected chi connectivity index (χ1v) is 12.1. The Bertz CT molecular complexity index is 891. The lowest BCUT2D eigenvalue weighted by molar-refractivity contribution is -0.131. The molecule has 3 aliphatic rings. The van der Waals surface area contributed by atoms with Crippen LogP contribution in [-0.4, -0.2) is 72.1 Å². The number of ether oxygens (including phenoxy) is 1. The summed E-state index contributed by atoms with van der Waals surface area (Å²) in [7, 11) is 0. The second-order valence-corrected chi connectivity index (χ2v) is 10.5. The first kappa shape index (κ1) is 23.0. The minimum absolute atomic E-state index is 0.252. The van der Waals surface area contributed by atoms with Gasteiger partial charge in [0, 0.05) is 56.9 Å². The lowest BCUT2D eigenvalue weighted by Gasteiger charge is -2.38. The van der Waals surface area contributed by atoms with E-state index in [0.29, 0.717) is 24.6 Å². The van der Waals surface area contributed by atoms with Gasteiger partial charge in [-0.2, -0.15) is 5.26 Å². The van der Waals surface area contributed by atoms with E-state index in [2.05, 4.69) is 43.6 Å². The van der Waals surface area contributed by atoms with E-state index in [9.17, 15) is 10.1 Å². The van der Waals surface area contributed by atoms with Gasteiger partial charge >= 0.3 is 0 Å². The Hall–Kier alpha value is -2.17. The normalized spacial score (nSPS) is 21.0. The Labute approximate surface area is 192 Å². The maximum absolute atomic E-state index is 12.5. The highest BCUT2D eigenvalue weighted by Gasteiger charge is 2.33. The van der Waals surface area contributed by atoms with Crippen molar-refractivity contribution >= 4 is 11.7 Å². The third-order valence-corrected chi connectivity index (χ3v) is 6.89. The van der Waals surface area contributed by atoms with E-state index >= 15 is 0 Å². The average molecular weight is 440 g/mol. The van der Waals surface area contributed by atoms with Crippen LogP contribution < -0.4 is 4.90 Å². The molecule has 7 nitrogen and oxygen atoms in total. The number of fused-ring (bicyclic) bond motifs is 1. The molecule has 1 aromatic heterocycles. The van der Waals surface area contributed by atoms with Gasteiger partial charge in [-0.3, -0.25) is 9.69 Å². The zero-order valence-corrected chi connectivity index (χ0v) is 20.1. The van der Waals surface area contributed by atoms with Crippen molar-refractivity contribution in [1.29, 1.82) is 5.26 Å². The smallest absolute Gasteiger partial charge is 0.236 e. The van der Waals surface area contributed by atoms with Crippen LogP contribution in [0.3, 0.4) is 0 Å². The summed E-state index contributed by atoms with van der Waals surface area (Å²) < 4.78 is 6.09. The first-order chi connectivity index (χ1) is 15.3. The largest absolute Gasteiger partial charge is 0.370 e. The molecule has 1 amide bonds. The van der Waals surface area contributed by atoms with Gasteiger partial charge in [0.1, 0.15) is 11.9 Å². The van der Waals surface area contributed by atoms with Gasteiger partial charge < -0.3 is 14.5 Å². The predicted octanol–water partition coefficient (Wildman–Crippen LogP) is 2.75. The highest BCUT2D eigenvalue weighted by Crippen LogP contribution is 2.36. The molecule has 0 saturated carbocycles. The summed E-state index contributed by atoms with van der Waals surface area (Å²) in [4.78, 5) is 24.1. The summed E-state index contributed by atoms with van der Waals surface area (Å²) in [6, 6.07) is 2.49. The number of nitriles is 1. The van der Waals surface area contributed by atoms with E-state index in [0.717, 1.165) is 87.6 Å². The number of amides is 1. The van der Waals surface area contributed by atoms with Gasteiger partial charge in [0.25, 0.3) is 0 Å². The number of carbonyl (C=O) groups excluding carboxylic acids is 1. The van der Waals surface area contributed by atoms with Crippen molar-refractivity contribution in [3.05, 3.63) is 22.4 Å². The van der Waals surface area contributed by atoms with E-state index in [4.69, 9.17) is 9.72 Å². The molecule has 0 aromatic carbocycles. The molecule has 0 bridgehead atoms. The van der Waals surface area contributed by atoms with Crippen LogP contribution in [0.5, 0.6) is 0 Å². The number of pyridine rings is 1. The second-order valence-electron chi connectivity index (χ2n) is 10.5. The van der Waals surface area contributed by atoms with Gasteiger partial charge in [-0.05, 0) is 44.6 Å². The molecule has 0 N–H and O–H groups in total. The summed E-state index contributed by atoms with van der Waals surface area (Å²) in [5, 5.41) is 10.1. The first-order valence-electron chi connectivity index (χ1n) is 12.1. The molecule has 32 heavy (non-hydrogen) atoms. The number of carbonyl (C=O) groups is 1. The summed E-state index contributed by atoms with van der Waals surface area (Å²) >= 11 is 0. The zero-order chi connectivity index (χ0) is 22.9. The summed E-state index contributed by atoms with van der Waals surface area (Å²) in [6.45, 7) is 14.6. The van der Waals surface area contributed by atoms with E-state index in [-0.39, 0.29) is 11.5 Å². The number of nitrogens with zero attached hydrogens (tertiary/aromatic N) is 5. The molecule has 0 spiro atoms. The third kappa shape index (κ3) is 4.92. The average Bonchev–Trinajstić information content (AvgIpc) is 3.28. The second kappa shape index (κ2) is 9.36. The minimum Gasteiger partial charge on any atom is -0.370 e. The molecule has 4 heterocycles. The van der Waals surface area contributed by atoms with E-state index in [1.807, 2.05) is 4.90 Å². The maximum Gasteiger partial charge on any atom is 0.236 e. The molecule has 4 rings (SSSR count). The topological polar surface area (TPSA) is 72.7 Å². The van der Waals surface area contributed by atoms with Crippen LogP contribution in [0.1, 0.15) is 62.9 Å². The fourth-order valence-corrected chi connectivity index (χ4v) is 5.10. The highest BCUT2D eigenvalue weighted by molar-refractivity contribution is 5.78. The van der Waals surface area contributed by atoms with Crippen molar-refractivity contribution < 1.29 is 9.53 Å². The van der Waals surface area contributed by atoms with Crippen molar-refractivity contribution in [2.24, 2.45) is 5.92 Å². The van der Waals surface area contributed by atoms with Crippen LogP contribution in [0.4, 0.5) is 5.82 Å². The van der Waals surface area contributed by atoms with E-state index < -0.39 is 0 Å². The predicted molar refractivity (Wildman–Crippen MR) is 125 cm³/mol. The van der Waals surface area contributed by atoms with Crippen LogP contribution >= 0.6 is 0 Å². The van der Waals surface area contributed by atoms with Crippen LogP contribution in [0.15, 0.2) is 0 Å². The number of hydrogen-bond donors (Lipinski definition) is 0. The standard InChI is InChI=1S/C25H37N5O2/c1-18(2)13-22-21-17-32-25(3,4)14-19(21)20(15-26)24(27-22)30-11-9-28(10-12-30)16-23(31)29-7-5-6-8-29/h18H,5-14,16-17H2,1-4H3. The molecule has 1 aromatic rings. The molecular formula is C25H37N5O2. The number of aromatic nitrogens is 1. The molecule has 0 aliphatic carbocycles. The fraction of sp³-hybridized carbons (Fsp3) is 0.720. The van der Waals surface area contributed by atoms with Gasteiger partial charge in [-0.1, -0.05) is 13.8 Å². The van der Waals surface area contributed by atoms with Gasteiger partial charge in [0.15, 0.2) is 0 Å². The van der Waals surface area contributed by atoms with Crippen molar-refractivity contribution in [3.63, 3.8) is 0 Å². The Morgan fingerprint density at radius 3 is 2.44 bits per heavy atom. The Morgan fingerprint density at radius 1 is 1.12 bits per heavy atom.